The van der Waals surface area contributed by atoms with Gasteiger partial charge in [0.2, 0.25) is 5.91 Å². The van der Waals surface area contributed by atoms with Crippen LogP contribution in [0.1, 0.15) is 23.2 Å². The van der Waals surface area contributed by atoms with Crippen LogP contribution in [0.4, 0.5) is 11.4 Å². The molecular weight excluding hydrogens is 320 g/mol. The molecule has 6 heteroatoms. The van der Waals surface area contributed by atoms with Crippen LogP contribution in [0.5, 0.6) is 0 Å². The highest BCUT2D eigenvalue weighted by molar-refractivity contribution is 5.97. The van der Waals surface area contributed by atoms with Crippen molar-refractivity contribution >= 4 is 29.2 Å². The van der Waals surface area contributed by atoms with Gasteiger partial charge in [-0.1, -0.05) is 18.2 Å². The van der Waals surface area contributed by atoms with E-state index in [0.29, 0.717) is 17.7 Å². The minimum atomic E-state index is -0.543. The van der Waals surface area contributed by atoms with Crippen LogP contribution in [0.15, 0.2) is 54.6 Å². The summed E-state index contributed by atoms with van der Waals surface area (Å²) in [4.78, 5) is 37.1. The Hall–Kier alpha value is -3.15. The molecule has 6 nitrogen and oxygen atoms in total. The molecule has 1 N–H and O–H groups in total. The number of hydrogen-bond acceptors (Lipinski definition) is 4. The summed E-state index contributed by atoms with van der Waals surface area (Å²) < 4.78 is 4.98. The Morgan fingerprint density at radius 1 is 1.04 bits per heavy atom. The molecular formula is C19H18N2O4. The van der Waals surface area contributed by atoms with Crippen LogP contribution in [0.3, 0.4) is 0 Å². The molecule has 1 fully saturated rings. The average molecular weight is 338 g/mol. The average Bonchev–Trinajstić information content (AvgIpc) is 3.07. The molecule has 0 bridgehead atoms. The zero-order valence-corrected chi connectivity index (χ0v) is 13.6. The predicted molar refractivity (Wildman–Crippen MR) is 93.4 cm³/mol. The molecule has 128 valence electrons. The Labute approximate surface area is 145 Å². The predicted octanol–water partition coefficient (Wildman–Crippen LogP) is 2.61. The molecule has 0 spiro atoms. The fourth-order valence-corrected chi connectivity index (χ4v) is 2.63. The lowest BCUT2D eigenvalue weighted by Crippen LogP contribution is -2.23. The molecule has 2 amide bonds. The summed E-state index contributed by atoms with van der Waals surface area (Å²) in [6.45, 7) is 0.361. The van der Waals surface area contributed by atoms with Crippen molar-refractivity contribution in [2.24, 2.45) is 0 Å². The van der Waals surface area contributed by atoms with E-state index < -0.39 is 11.9 Å². The maximum Gasteiger partial charge on any atom is 0.338 e. The number of benzene rings is 2. The Balaban J connectivity index is 1.51. The number of carbonyl (C=O) groups is 3. The topological polar surface area (TPSA) is 75.7 Å². The molecule has 0 aliphatic carbocycles. The van der Waals surface area contributed by atoms with Gasteiger partial charge in [-0.2, -0.15) is 0 Å². The number of amides is 2. The minimum Gasteiger partial charge on any atom is -0.452 e. The zero-order valence-electron chi connectivity index (χ0n) is 13.6. The molecule has 0 radical (unpaired) electrons. The molecule has 0 atom stereocenters. The summed E-state index contributed by atoms with van der Waals surface area (Å²) in [5.74, 6) is -0.850. The van der Waals surface area contributed by atoms with Gasteiger partial charge in [-0.05, 0) is 42.8 Å². The van der Waals surface area contributed by atoms with Gasteiger partial charge in [-0.15, -0.1) is 0 Å². The quantitative estimate of drug-likeness (QED) is 0.850. The largest absolute Gasteiger partial charge is 0.452 e. The molecule has 2 aromatic rings. The van der Waals surface area contributed by atoms with Crippen LogP contribution in [0, 0.1) is 0 Å². The number of ether oxygens (including phenoxy) is 1. The van der Waals surface area contributed by atoms with Crippen LogP contribution in [-0.4, -0.2) is 30.9 Å². The van der Waals surface area contributed by atoms with Crippen molar-refractivity contribution in [2.45, 2.75) is 12.8 Å². The lowest BCUT2D eigenvalue weighted by molar-refractivity contribution is -0.119. The molecule has 1 saturated heterocycles. The summed E-state index contributed by atoms with van der Waals surface area (Å²) in [6.07, 6.45) is 1.44. The van der Waals surface area contributed by atoms with Crippen molar-refractivity contribution in [3.05, 3.63) is 60.2 Å². The number of hydrogen-bond donors (Lipinski definition) is 1. The van der Waals surface area contributed by atoms with E-state index in [9.17, 15) is 14.4 Å². The van der Waals surface area contributed by atoms with Gasteiger partial charge in [-0.3, -0.25) is 9.59 Å². The summed E-state index contributed by atoms with van der Waals surface area (Å²) >= 11 is 0. The molecule has 0 saturated carbocycles. The second kappa shape index (κ2) is 7.61. The lowest BCUT2D eigenvalue weighted by Gasteiger charge is -2.16. The van der Waals surface area contributed by atoms with Gasteiger partial charge < -0.3 is 15.0 Å². The number of nitrogens with zero attached hydrogens (tertiary/aromatic N) is 1. The van der Waals surface area contributed by atoms with Crippen molar-refractivity contribution in [2.75, 3.05) is 23.4 Å². The zero-order chi connectivity index (χ0) is 17.6. The third kappa shape index (κ3) is 4.23. The Bertz CT molecular complexity index is 772. The van der Waals surface area contributed by atoms with Gasteiger partial charge in [0.25, 0.3) is 5.91 Å². The molecule has 3 rings (SSSR count). The summed E-state index contributed by atoms with van der Waals surface area (Å²) in [6, 6.07) is 15.5. The Morgan fingerprint density at radius 2 is 1.76 bits per heavy atom. The number of anilines is 2. The van der Waals surface area contributed by atoms with E-state index in [1.807, 2.05) is 0 Å². The summed E-state index contributed by atoms with van der Waals surface area (Å²) in [5, 5.41) is 2.66. The van der Waals surface area contributed by atoms with Crippen molar-refractivity contribution in [1.29, 1.82) is 0 Å². The number of rotatable bonds is 5. The Kier molecular flexibility index (Phi) is 5.09. The smallest absolute Gasteiger partial charge is 0.338 e. The van der Waals surface area contributed by atoms with Crippen molar-refractivity contribution < 1.29 is 19.1 Å². The first-order valence-electron chi connectivity index (χ1n) is 8.06. The molecule has 1 aliphatic heterocycles. The van der Waals surface area contributed by atoms with E-state index in [1.54, 1.807) is 59.5 Å². The van der Waals surface area contributed by atoms with Crippen LogP contribution in [-0.2, 0) is 14.3 Å². The first-order valence-corrected chi connectivity index (χ1v) is 8.06. The minimum absolute atomic E-state index is 0.115. The molecule has 1 aliphatic rings. The van der Waals surface area contributed by atoms with Crippen LogP contribution >= 0.6 is 0 Å². The summed E-state index contributed by atoms with van der Waals surface area (Å²) in [7, 11) is 0. The highest BCUT2D eigenvalue weighted by Crippen LogP contribution is 2.22. The normalized spacial score (nSPS) is 13.6. The standard InChI is InChI=1S/C19H18N2O4/c22-17(13-25-19(24)14-5-2-1-3-6-14)20-15-8-10-16(11-9-15)21-12-4-7-18(21)23/h1-3,5-6,8-11H,4,7,12-13H2,(H,20,22). The van der Waals surface area contributed by atoms with E-state index in [1.165, 1.54) is 0 Å². The molecule has 1 heterocycles. The molecule has 25 heavy (non-hydrogen) atoms. The highest BCUT2D eigenvalue weighted by atomic mass is 16.5. The van der Waals surface area contributed by atoms with Gasteiger partial charge in [0.1, 0.15) is 0 Å². The van der Waals surface area contributed by atoms with Crippen LogP contribution in [0.2, 0.25) is 0 Å². The van der Waals surface area contributed by atoms with E-state index in [-0.39, 0.29) is 12.5 Å². The lowest BCUT2D eigenvalue weighted by atomic mass is 10.2. The number of esters is 1. The van der Waals surface area contributed by atoms with E-state index in [4.69, 9.17) is 4.74 Å². The SMILES string of the molecule is O=C(COC(=O)c1ccccc1)Nc1ccc(N2CCCC2=O)cc1. The van der Waals surface area contributed by atoms with Crippen molar-refractivity contribution in [1.82, 2.24) is 0 Å². The van der Waals surface area contributed by atoms with Crippen molar-refractivity contribution in [3.63, 3.8) is 0 Å². The Morgan fingerprint density at radius 3 is 2.40 bits per heavy atom. The maximum absolute atomic E-state index is 11.9. The fraction of sp³-hybridized carbons (Fsp3) is 0.211. The van der Waals surface area contributed by atoms with E-state index in [0.717, 1.165) is 18.7 Å². The monoisotopic (exact) mass is 338 g/mol. The number of nitrogens with one attached hydrogen (secondary N) is 1. The van der Waals surface area contributed by atoms with Crippen molar-refractivity contribution in [3.8, 4) is 0 Å². The molecule has 2 aromatic carbocycles. The van der Waals surface area contributed by atoms with Gasteiger partial charge >= 0.3 is 5.97 Å². The van der Waals surface area contributed by atoms with Crippen LogP contribution in [0.25, 0.3) is 0 Å². The molecule has 0 unspecified atom stereocenters. The van der Waals surface area contributed by atoms with Gasteiger partial charge in [-0.25, -0.2) is 4.79 Å². The van der Waals surface area contributed by atoms with Gasteiger partial charge in [0.05, 0.1) is 5.56 Å². The molecule has 0 aromatic heterocycles. The van der Waals surface area contributed by atoms with Gasteiger partial charge in [0.15, 0.2) is 6.61 Å². The van der Waals surface area contributed by atoms with Crippen LogP contribution < -0.4 is 10.2 Å². The highest BCUT2D eigenvalue weighted by Gasteiger charge is 2.21. The third-order valence-electron chi connectivity index (χ3n) is 3.88. The van der Waals surface area contributed by atoms with Gasteiger partial charge in [0, 0.05) is 24.3 Å². The maximum atomic E-state index is 11.9. The van der Waals surface area contributed by atoms with E-state index in [2.05, 4.69) is 5.32 Å². The first kappa shape index (κ1) is 16.7. The second-order valence-electron chi connectivity index (χ2n) is 5.69. The van der Waals surface area contributed by atoms with E-state index >= 15 is 0 Å². The second-order valence-corrected chi connectivity index (χ2v) is 5.69. The third-order valence-corrected chi connectivity index (χ3v) is 3.88. The fourth-order valence-electron chi connectivity index (χ4n) is 2.63. The summed E-state index contributed by atoms with van der Waals surface area (Å²) in [5.41, 5.74) is 1.79. The number of carbonyl (C=O) groups excluding carboxylic acids is 3. The first-order chi connectivity index (χ1) is 12.1.